The minimum atomic E-state index is -0.400. The smallest absolute Gasteiger partial charge is 0.0518 e. The van der Waals surface area contributed by atoms with E-state index in [1.165, 1.54) is 0 Å². The van der Waals surface area contributed by atoms with Gasteiger partial charge in [-0.15, -0.1) is 6.58 Å². The van der Waals surface area contributed by atoms with Crippen LogP contribution in [0.15, 0.2) is 12.7 Å². The second-order valence-electron chi connectivity index (χ2n) is 3.67. The Morgan fingerprint density at radius 1 is 1.43 bits per heavy atom. The Kier molecular flexibility index (Phi) is 8.27. The fraction of sp³-hybridized carbons (Fsp3) is 0.800. The van der Waals surface area contributed by atoms with Gasteiger partial charge in [0.15, 0.2) is 0 Å². The third-order valence-electron chi connectivity index (χ3n) is 1.97. The highest BCUT2D eigenvalue weighted by atomic mass is 32.2. The summed E-state index contributed by atoms with van der Waals surface area (Å²) >= 11 is 1.81. The molecular formula is C10H21NO2S. The van der Waals surface area contributed by atoms with Gasteiger partial charge in [0.1, 0.15) is 0 Å². The number of nitrogens with one attached hydrogen (secondary N) is 1. The highest BCUT2D eigenvalue weighted by molar-refractivity contribution is 7.99. The Balaban J connectivity index is 3.38. The quantitative estimate of drug-likeness (QED) is 0.390. The van der Waals surface area contributed by atoms with E-state index < -0.39 is 5.41 Å². The van der Waals surface area contributed by atoms with E-state index in [0.29, 0.717) is 6.54 Å². The molecule has 0 amide bonds. The molecule has 0 saturated carbocycles. The molecule has 84 valence electrons. The lowest BCUT2D eigenvalue weighted by Gasteiger charge is -2.24. The molecule has 0 bridgehead atoms. The van der Waals surface area contributed by atoms with Gasteiger partial charge in [-0.05, 0) is 0 Å². The summed E-state index contributed by atoms with van der Waals surface area (Å²) in [6, 6.07) is 0. The van der Waals surface area contributed by atoms with Crippen molar-refractivity contribution >= 4 is 11.8 Å². The first kappa shape index (κ1) is 14.0. The highest BCUT2D eigenvalue weighted by Gasteiger charge is 2.21. The molecule has 3 N–H and O–H groups in total. The summed E-state index contributed by atoms with van der Waals surface area (Å²) in [4.78, 5) is 0. The van der Waals surface area contributed by atoms with E-state index in [1.807, 2.05) is 24.8 Å². The molecule has 14 heavy (non-hydrogen) atoms. The molecule has 0 unspecified atom stereocenters. The van der Waals surface area contributed by atoms with E-state index in [-0.39, 0.29) is 13.2 Å². The van der Waals surface area contributed by atoms with E-state index in [1.54, 1.807) is 0 Å². The van der Waals surface area contributed by atoms with Gasteiger partial charge in [-0.25, -0.2) is 0 Å². The molecule has 0 fully saturated rings. The predicted molar refractivity (Wildman–Crippen MR) is 62.7 cm³/mol. The molecule has 0 aliphatic carbocycles. The van der Waals surface area contributed by atoms with Gasteiger partial charge in [0.25, 0.3) is 0 Å². The fourth-order valence-corrected chi connectivity index (χ4v) is 1.48. The van der Waals surface area contributed by atoms with Gasteiger partial charge in [-0.1, -0.05) is 13.0 Å². The van der Waals surface area contributed by atoms with Crippen LogP contribution in [0.4, 0.5) is 0 Å². The predicted octanol–water partition coefficient (Wildman–Crippen LogP) is 0.486. The summed E-state index contributed by atoms with van der Waals surface area (Å²) in [6.07, 6.45) is 1.89. The minimum absolute atomic E-state index is 0.0102. The number of hydrogen-bond acceptors (Lipinski definition) is 4. The summed E-state index contributed by atoms with van der Waals surface area (Å²) in [6.45, 7) is 7.06. The molecule has 3 nitrogen and oxygen atoms in total. The lowest BCUT2D eigenvalue weighted by atomic mass is 9.93. The topological polar surface area (TPSA) is 52.5 Å². The van der Waals surface area contributed by atoms with E-state index in [0.717, 1.165) is 18.1 Å². The van der Waals surface area contributed by atoms with E-state index >= 15 is 0 Å². The number of thioether (sulfide) groups is 1. The summed E-state index contributed by atoms with van der Waals surface area (Å²) in [5.74, 6) is 2.00. The van der Waals surface area contributed by atoms with Gasteiger partial charge >= 0.3 is 0 Å². The number of aliphatic hydroxyl groups is 2. The molecule has 0 aliphatic heterocycles. The Morgan fingerprint density at radius 3 is 2.57 bits per heavy atom. The molecule has 0 aromatic carbocycles. The molecule has 4 heteroatoms. The largest absolute Gasteiger partial charge is 0.396 e. The van der Waals surface area contributed by atoms with Gasteiger partial charge in [0.2, 0.25) is 0 Å². The van der Waals surface area contributed by atoms with Gasteiger partial charge in [-0.3, -0.25) is 0 Å². The van der Waals surface area contributed by atoms with Crippen molar-refractivity contribution in [3.8, 4) is 0 Å². The van der Waals surface area contributed by atoms with Gasteiger partial charge in [0, 0.05) is 30.0 Å². The van der Waals surface area contributed by atoms with Crippen molar-refractivity contribution in [3.63, 3.8) is 0 Å². The zero-order valence-corrected chi connectivity index (χ0v) is 9.65. The number of rotatable bonds is 9. The van der Waals surface area contributed by atoms with Crippen LogP contribution in [0.25, 0.3) is 0 Å². The minimum Gasteiger partial charge on any atom is -0.396 e. The van der Waals surface area contributed by atoms with E-state index in [9.17, 15) is 0 Å². The molecule has 0 rings (SSSR count). The van der Waals surface area contributed by atoms with Crippen LogP contribution in [0.2, 0.25) is 0 Å². The van der Waals surface area contributed by atoms with Crippen molar-refractivity contribution in [2.24, 2.45) is 5.41 Å². The lowest BCUT2D eigenvalue weighted by molar-refractivity contribution is 0.0703. The Labute approximate surface area is 90.6 Å². The molecule has 0 aromatic rings. The summed E-state index contributed by atoms with van der Waals surface area (Å²) in [5.41, 5.74) is -0.400. The number of aliphatic hydroxyl groups excluding tert-OH is 2. The zero-order valence-electron chi connectivity index (χ0n) is 8.83. The van der Waals surface area contributed by atoms with Crippen LogP contribution in [-0.2, 0) is 0 Å². The SMILES string of the molecule is C=CCSCCNCC(C)(CO)CO. The summed E-state index contributed by atoms with van der Waals surface area (Å²) in [5, 5.41) is 21.2. The van der Waals surface area contributed by atoms with Crippen molar-refractivity contribution in [3.05, 3.63) is 12.7 Å². The Bertz CT molecular complexity index is 149. The third-order valence-corrected chi connectivity index (χ3v) is 2.94. The molecule has 0 atom stereocenters. The maximum atomic E-state index is 9.01. The van der Waals surface area contributed by atoms with Crippen LogP contribution in [-0.4, -0.2) is 48.0 Å². The first-order valence-electron chi connectivity index (χ1n) is 4.79. The van der Waals surface area contributed by atoms with Crippen molar-refractivity contribution in [2.75, 3.05) is 37.8 Å². The van der Waals surface area contributed by atoms with Gasteiger partial charge < -0.3 is 15.5 Å². The van der Waals surface area contributed by atoms with Gasteiger partial charge in [0.05, 0.1) is 13.2 Å². The summed E-state index contributed by atoms with van der Waals surface area (Å²) < 4.78 is 0. The second-order valence-corrected chi connectivity index (χ2v) is 4.82. The second kappa shape index (κ2) is 8.29. The lowest BCUT2D eigenvalue weighted by Crippen LogP contribution is -2.38. The maximum Gasteiger partial charge on any atom is 0.0518 e. The molecular weight excluding hydrogens is 198 g/mol. The van der Waals surface area contributed by atoms with Crippen molar-refractivity contribution in [1.29, 1.82) is 0 Å². The van der Waals surface area contributed by atoms with Crippen LogP contribution in [0.5, 0.6) is 0 Å². The van der Waals surface area contributed by atoms with E-state index in [2.05, 4.69) is 11.9 Å². The molecule has 0 aliphatic rings. The molecule has 0 heterocycles. The van der Waals surface area contributed by atoms with Crippen molar-refractivity contribution < 1.29 is 10.2 Å². The van der Waals surface area contributed by atoms with Crippen LogP contribution in [0.3, 0.4) is 0 Å². The maximum absolute atomic E-state index is 9.01. The van der Waals surface area contributed by atoms with Crippen LogP contribution in [0, 0.1) is 5.41 Å². The van der Waals surface area contributed by atoms with Crippen LogP contribution >= 0.6 is 11.8 Å². The van der Waals surface area contributed by atoms with E-state index in [4.69, 9.17) is 10.2 Å². The van der Waals surface area contributed by atoms with Gasteiger partial charge in [-0.2, -0.15) is 11.8 Å². The standard InChI is InChI=1S/C10H21NO2S/c1-3-5-14-6-4-11-7-10(2,8-12)9-13/h3,11-13H,1,4-9H2,2H3. The number of hydrogen-bond donors (Lipinski definition) is 3. The normalized spacial score (nSPS) is 11.6. The van der Waals surface area contributed by atoms with Crippen LogP contribution in [0.1, 0.15) is 6.92 Å². The first-order chi connectivity index (χ1) is 6.68. The monoisotopic (exact) mass is 219 g/mol. The highest BCUT2D eigenvalue weighted by Crippen LogP contribution is 2.11. The van der Waals surface area contributed by atoms with Crippen molar-refractivity contribution in [2.45, 2.75) is 6.92 Å². The molecule has 0 saturated heterocycles. The average molecular weight is 219 g/mol. The zero-order chi connectivity index (χ0) is 10.9. The van der Waals surface area contributed by atoms with Crippen LogP contribution < -0.4 is 5.32 Å². The Hall–Kier alpha value is -0.0300. The Morgan fingerprint density at radius 2 is 2.07 bits per heavy atom. The first-order valence-corrected chi connectivity index (χ1v) is 5.95. The molecule has 0 spiro atoms. The fourth-order valence-electron chi connectivity index (χ4n) is 0.863. The van der Waals surface area contributed by atoms with Crippen molar-refractivity contribution in [1.82, 2.24) is 5.32 Å². The summed E-state index contributed by atoms with van der Waals surface area (Å²) in [7, 11) is 0. The molecule has 0 radical (unpaired) electrons. The third kappa shape index (κ3) is 6.43. The molecule has 0 aromatic heterocycles. The average Bonchev–Trinajstić information content (AvgIpc) is 2.23.